The zero-order valence-corrected chi connectivity index (χ0v) is 17.7. The first-order valence-corrected chi connectivity index (χ1v) is 10.6. The van der Waals surface area contributed by atoms with Crippen LogP contribution in [0.25, 0.3) is 16.8 Å². The summed E-state index contributed by atoms with van der Waals surface area (Å²) >= 11 is 0. The predicted octanol–water partition coefficient (Wildman–Crippen LogP) is 1.96. The molecule has 3 atom stereocenters. The number of rotatable bonds is 8. The van der Waals surface area contributed by atoms with Crippen LogP contribution in [0.2, 0.25) is 0 Å². The monoisotopic (exact) mass is 423 g/mol. The van der Waals surface area contributed by atoms with E-state index in [0.29, 0.717) is 6.04 Å². The maximum Gasteiger partial charge on any atom is 0.262 e. The van der Waals surface area contributed by atoms with Gasteiger partial charge in [-0.2, -0.15) is 5.26 Å². The first kappa shape index (κ1) is 22.8. The molecule has 2 aromatic carbocycles. The summed E-state index contributed by atoms with van der Waals surface area (Å²) in [6, 6.07) is 14.5. The molecule has 0 saturated carbocycles. The van der Waals surface area contributed by atoms with E-state index < -0.39 is 24.7 Å². The zero-order chi connectivity index (χ0) is 22.4. The molecule has 1 saturated heterocycles. The molecule has 4 N–H and O–H groups in total. The number of nitrogens with one attached hydrogen (secondary N) is 1. The van der Waals surface area contributed by atoms with E-state index in [2.05, 4.69) is 35.3 Å². The molecule has 31 heavy (non-hydrogen) atoms. The molecule has 0 aromatic heterocycles. The molecule has 1 amide bonds. The Bertz CT molecular complexity index is 998. The lowest BCUT2D eigenvalue weighted by Gasteiger charge is -2.27. The van der Waals surface area contributed by atoms with E-state index in [1.54, 1.807) is 0 Å². The summed E-state index contributed by atoms with van der Waals surface area (Å²) in [5.41, 5.74) is 1.80. The van der Waals surface area contributed by atoms with Gasteiger partial charge in [0.1, 0.15) is 17.7 Å². The number of hydrogen-bond acceptors (Lipinski definition) is 6. The molecule has 3 rings (SSSR count). The summed E-state index contributed by atoms with van der Waals surface area (Å²) in [5, 5.41) is 42.0. The van der Waals surface area contributed by atoms with Gasteiger partial charge in [0.2, 0.25) is 0 Å². The number of carbonyl (C=O) groups excluding carboxylic acids is 1. The normalized spacial score (nSPS) is 18.6. The van der Waals surface area contributed by atoms with Gasteiger partial charge in [0.05, 0.1) is 12.7 Å². The van der Waals surface area contributed by atoms with Crippen LogP contribution < -0.4 is 10.2 Å². The molecule has 1 aliphatic rings. The summed E-state index contributed by atoms with van der Waals surface area (Å²) < 4.78 is 0. The molecule has 0 spiro atoms. The average Bonchev–Trinajstić information content (AvgIpc) is 3.28. The van der Waals surface area contributed by atoms with Crippen LogP contribution in [0, 0.1) is 11.3 Å². The Morgan fingerprint density at radius 3 is 2.84 bits per heavy atom. The zero-order valence-electron chi connectivity index (χ0n) is 17.7. The minimum absolute atomic E-state index is 0.102. The number of benzene rings is 2. The summed E-state index contributed by atoms with van der Waals surface area (Å²) in [5.74, 6) is -0.648. The van der Waals surface area contributed by atoms with Crippen LogP contribution in [0.3, 0.4) is 0 Å². The van der Waals surface area contributed by atoms with Gasteiger partial charge in [-0.25, -0.2) is 0 Å². The molecule has 2 aromatic rings. The maximum absolute atomic E-state index is 12.4. The number of aliphatic hydroxyl groups excluding tert-OH is 3. The Labute approximate surface area is 182 Å². The number of hydrogen-bond donors (Lipinski definition) is 4. The smallest absolute Gasteiger partial charge is 0.262 e. The maximum atomic E-state index is 12.4. The van der Waals surface area contributed by atoms with Gasteiger partial charge >= 0.3 is 0 Å². The number of fused-ring (bicyclic) bond motifs is 1. The van der Waals surface area contributed by atoms with Gasteiger partial charge in [0.25, 0.3) is 5.91 Å². The van der Waals surface area contributed by atoms with E-state index in [1.165, 1.54) is 24.6 Å². The quantitative estimate of drug-likeness (QED) is 0.381. The van der Waals surface area contributed by atoms with E-state index in [-0.39, 0.29) is 12.1 Å². The van der Waals surface area contributed by atoms with Crippen molar-refractivity contribution in [2.75, 3.05) is 24.6 Å². The van der Waals surface area contributed by atoms with Gasteiger partial charge in [-0.15, -0.1) is 0 Å². The standard InChI is InChI=1S/C24H29N3O4/c1-2-19-6-4-10-27(19)21-7-3-5-17-9-8-16(12-20(17)21)11-18(13-25)24(31)26-14-22(29)23(30)15-28/h3,5,7-9,11-12,19,22-23,28-30H,2,4,6,10,14-15H2,1H3,(H,26,31)/b18-11+. The lowest BCUT2D eigenvalue weighted by Crippen LogP contribution is -2.40. The van der Waals surface area contributed by atoms with E-state index in [4.69, 9.17) is 5.11 Å². The molecule has 0 aliphatic carbocycles. The summed E-state index contributed by atoms with van der Waals surface area (Å²) in [6.45, 7) is 2.34. The van der Waals surface area contributed by atoms with Crippen LogP contribution in [0.5, 0.6) is 0 Å². The molecule has 7 heteroatoms. The Balaban J connectivity index is 1.86. The highest BCUT2D eigenvalue weighted by atomic mass is 16.4. The van der Waals surface area contributed by atoms with Crippen molar-refractivity contribution in [3.63, 3.8) is 0 Å². The second-order valence-corrected chi connectivity index (χ2v) is 7.85. The number of amides is 1. The van der Waals surface area contributed by atoms with Crippen molar-refractivity contribution < 1.29 is 20.1 Å². The predicted molar refractivity (Wildman–Crippen MR) is 120 cm³/mol. The molecule has 7 nitrogen and oxygen atoms in total. The van der Waals surface area contributed by atoms with E-state index in [9.17, 15) is 20.3 Å². The van der Waals surface area contributed by atoms with Crippen molar-refractivity contribution in [1.82, 2.24) is 5.32 Å². The first-order valence-electron chi connectivity index (χ1n) is 10.6. The highest BCUT2D eigenvalue weighted by molar-refractivity contribution is 6.03. The number of anilines is 1. The van der Waals surface area contributed by atoms with E-state index in [0.717, 1.165) is 29.3 Å². The average molecular weight is 424 g/mol. The highest BCUT2D eigenvalue weighted by Crippen LogP contribution is 2.34. The van der Waals surface area contributed by atoms with Gasteiger partial charge < -0.3 is 25.5 Å². The SMILES string of the molecule is CCC1CCCN1c1cccc2ccc(/C=C(\C#N)C(=O)NCC(O)C(O)CO)cc12. The molecule has 3 unspecified atom stereocenters. The Kier molecular flexibility index (Phi) is 7.64. The topological polar surface area (TPSA) is 117 Å². The van der Waals surface area contributed by atoms with Gasteiger partial charge in [-0.1, -0.05) is 31.2 Å². The lowest BCUT2D eigenvalue weighted by molar-refractivity contribution is -0.118. The number of aliphatic hydroxyl groups is 3. The largest absolute Gasteiger partial charge is 0.394 e. The number of carbonyl (C=O) groups is 1. The van der Waals surface area contributed by atoms with Crippen LogP contribution in [0.15, 0.2) is 42.0 Å². The fourth-order valence-electron chi connectivity index (χ4n) is 4.06. The summed E-state index contributed by atoms with van der Waals surface area (Å²) in [7, 11) is 0. The molecule has 0 bridgehead atoms. The lowest BCUT2D eigenvalue weighted by atomic mass is 10.0. The van der Waals surface area contributed by atoms with Crippen LogP contribution in [0.4, 0.5) is 5.69 Å². The summed E-state index contributed by atoms with van der Waals surface area (Å²) in [4.78, 5) is 14.8. The van der Waals surface area contributed by atoms with Crippen LogP contribution in [-0.2, 0) is 4.79 Å². The molecule has 164 valence electrons. The molecule has 1 fully saturated rings. The third kappa shape index (κ3) is 5.23. The van der Waals surface area contributed by atoms with Gasteiger partial charge in [0.15, 0.2) is 0 Å². The van der Waals surface area contributed by atoms with Gasteiger partial charge in [-0.05, 0) is 48.4 Å². The number of nitriles is 1. The second-order valence-electron chi connectivity index (χ2n) is 7.85. The van der Waals surface area contributed by atoms with Crippen molar-refractivity contribution >= 4 is 28.4 Å². The van der Waals surface area contributed by atoms with Crippen molar-refractivity contribution in [1.29, 1.82) is 5.26 Å². The van der Waals surface area contributed by atoms with E-state index in [1.807, 2.05) is 24.3 Å². The minimum atomic E-state index is -1.36. The van der Waals surface area contributed by atoms with Crippen LogP contribution in [0.1, 0.15) is 31.7 Å². The van der Waals surface area contributed by atoms with Gasteiger partial charge in [-0.3, -0.25) is 4.79 Å². The highest BCUT2D eigenvalue weighted by Gasteiger charge is 2.24. The second kappa shape index (κ2) is 10.4. The van der Waals surface area contributed by atoms with Crippen molar-refractivity contribution in [2.45, 2.75) is 44.4 Å². The fraction of sp³-hybridized carbons (Fsp3) is 0.417. The van der Waals surface area contributed by atoms with Crippen molar-refractivity contribution in [3.05, 3.63) is 47.5 Å². The molecule has 1 aliphatic heterocycles. The number of nitrogens with zero attached hydrogens (tertiary/aromatic N) is 2. The van der Waals surface area contributed by atoms with Crippen molar-refractivity contribution in [2.24, 2.45) is 0 Å². The molecular weight excluding hydrogens is 394 g/mol. The van der Waals surface area contributed by atoms with Crippen molar-refractivity contribution in [3.8, 4) is 6.07 Å². The minimum Gasteiger partial charge on any atom is -0.394 e. The third-order valence-electron chi connectivity index (χ3n) is 5.82. The van der Waals surface area contributed by atoms with Gasteiger partial charge in [0, 0.05) is 30.2 Å². The molecule has 1 heterocycles. The molecular formula is C24H29N3O4. The molecule has 0 radical (unpaired) electrons. The van der Waals surface area contributed by atoms with E-state index >= 15 is 0 Å². The van der Waals surface area contributed by atoms with Crippen LogP contribution >= 0.6 is 0 Å². The Morgan fingerprint density at radius 2 is 2.13 bits per heavy atom. The Morgan fingerprint density at radius 1 is 1.32 bits per heavy atom. The first-order chi connectivity index (χ1) is 15.0. The van der Waals surface area contributed by atoms with Crippen LogP contribution in [-0.4, -0.2) is 59.2 Å². The Hall–Kier alpha value is -2.92. The summed E-state index contributed by atoms with van der Waals surface area (Å²) in [6.07, 6.45) is 2.29. The fourth-order valence-corrected chi connectivity index (χ4v) is 4.06. The third-order valence-corrected chi connectivity index (χ3v) is 5.82.